The molecule has 0 aliphatic carbocycles. The van der Waals surface area contributed by atoms with Crippen LogP contribution in [0.5, 0.6) is 0 Å². The van der Waals surface area contributed by atoms with E-state index in [0.29, 0.717) is 11.1 Å². The number of tetrazole rings is 1. The lowest BCUT2D eigenvalue weighted by atomic mass is 10.00. The minimum atomic E-state index is -0.0523. The Balaban J connectivity index is 1.57. The van der Waals surface area contributed by atoms with Crippen molar-refractivity contribution in [2.24, 2.45) is 5.92 Å². The number of hydrogen-bond acceptors (Lipinski definition) is 5. The first-order valence-corrected chi connectivity index (χ1v) is 10.8. The molecule has 1 heterocycles. The quantitative estimate of drug-likeness (QED) is 0.566. The van der Waals surface area contributed by atoms with Gasteiger partial charge in [-0.15, -0.1) is 5.10 Å². The van der Waals surface area contributed by atoms with Gasteiger partial charge in [-0.05, 0) is 59.4 Å². The van der Waals surface area contributed by atoms with Gasteiger partial charge in [0.15, 0.2) is 0 Å². The Morgan fingerprint density at radius 3 is 2.52 bits per heavy atom. The highest BCUT2D eigenvalue weighted by molar-refractivity contribution is 7.99. The van der Waals surface area contributed by atoms with E-state index in [1.807, 2.05) is 38.1 Å². The lowest BCUT2D eigenvalue weighted by Crippen LogP contribution is -2.28. The Bertz CT molecular complexity index is 952. The number of aryl methyl sites for hydroxylation is 1. The van der Waals surface area contributed by atoms with E-state index in [2.05, 4.69) is 59.0 Å². The molecule has 1 amide bonds. The molecular weight excluding hydrogens is 382 g/mol. The van der Waals surface area contributed by atoms with Gasteiger partial charge in [0.05, 0.1) is 17.5 Å². The molecular formula is C22H27N5OS. The fourth-order valence-corrected chi connectivity index (χ4v) is 3.83. The topological polar surface area (TPSA) is 72.7 Å². The average molecular weight is 410 g/mol. The van der Waals surface area contributed by atoms with E-state index < -0.39 is 0 Å². The maximum absolute atomic E-state index is 12.4. The molecule has 0 spiro atoms. The summed E-state index contributed by atoms with van der Waals surface area (Å²) in [6.07, 6.45) is 1.06. The van der Waals surface area contributed by atoms with Crippen LogP contribution in [0.15, 0.2) is 53.7 Å². The fourth-order valence-electron chi connectivity index (χ4n) is 3.13. The van der Waals surface area contributed by atoms with Crippen molar-refractivity contribution in [1.82, 2.24) is 25.5 Å². The summed E-state index contributed by atoms with van der Waals surface area (Å²) in [5.41, 5.74) is 4.40. The van der Waals surface area contributed by atoms with Crippen molar-refractivity contribution in [2.75, 3.05) is 5.75 Å². The van der Waals surface area contributed by atoms with Crippen LogP contribution in [0.4, 0.5) is 0 Å². The van der Waals surface area contributed by atoms with Gasteiger partial charge in [0.1, 0.15) is 0 Å². The van der Waals surface area contributed by atoms with Crippen molar-refractivity contribution < 1.29 is 4.79 Å². The van der Waals surface area contributed by atoms with Crippen LogP contribution in [0.25, 0.3) is 5.69 Å². The molecule has 3 aromatic rings. The van der Waals surface area contributed by atoms with Crippen molar-refractivity contribution in [1.29, 1.82) is 0 Å². The summed E-state index contributed by atoms with van der Waals surface area (Å²) in [6, 6.07) is 16.3. The second-order valence-corrected chi connectivity index (χ2v) is 8.52. The summed E-state index contributed by atoms with van der Waals surface area (Å²) in [7, 11) is 0. The summed E-state index contributed by atoms with van der Waals surface area (Å²) in [6.45, 7) is 8.43. The Labute approximate surface area is 176 Å². The number of rotatable bonds is 8. The molecule has 0 saturated heterocycles. The molecule has 0 bridgehead atoms. The highest BCUT2D eigenvalue weighted by Gasteiger charge is 2.15. The van der Waals surface area contributed by atoms with Gasteiger partial charge in [-0.25, -0.2) is 0 Å². The van der Waals surface area contributed by atoms with Crippen LogP contribution in [0.1, 0.15) is 43.5 Å². The minimum Gasteiger partial charge on any atom is -0.349 e. The number of amides is 1. The molecule has 7 heteroatoms. The van der Waals surface area contributed by atoms with Crippen LogP contribution in [0.3, 0.4) is 0 Å². The van der Waals surface area contributed by atoms with E-state index in [4.69, 9.17) is 0 Å². The van der Waals surface area contributed by atoms with Crippen molar-refractivity contribution in [3.63, 3.8) is 0 Å². The monoisotopic (exact) mass is 409 g/mol. The van der Waals surface area contributed by atoms with Gasteiger partial charge in [-0.1, -0.05) is 68.1 Å². The van der Waals surface area contributed by atoms with E-state index in [1.165, 1.54) is 17.3 Å². The van der Waals surface area contributed by atoms with E-state index >= 15 is 0 Å². The maximum atomic E-state index is 12.4. The van der Waals surface area contributed by atoms with E-state index in [0.717, 1.165) is 23.2 Å². The largest absolute Gasteiger partial charge is 0.349 e. The van der Waals surface area contributed by atoms with Crippen molar-refractivity contribution in [2.45, 2.75) is 45.3 Å². The van der Waals surface area contributed by atoms with Gasteiger partial charge in [-0.3, -0.25) is 4.79 Å². The van der Waals surface area contributed by atoms with Crippen LogP contribution >= 0.6 is 11.8 Å². The summed E-state index contributed by atoms with van der Waals surface area (Å²) in [4.78, 5) is 12.4. The summed E-state index contributed by atoms with van der Waals surface area (Å²) < 4.78 is 1.67. The molecule has 6 nitrogen and oxygen atoms in total. The van der Waals surface area contributed by atoms with E-state index in [1.54, 1.807) is 4.68 Å². The molecule has 0 aliphatic rings. The number of aromatic nitrogens is 4. The van der Waals surface area contributed by atoms with Gasteiger partial charge in [0.2, 0.25) is 11.1 Å². The zero-order valence-electron chi connectivity index (χ0n) is 17.3. The van der Waals surface area contributed by atoms with E-state index in [9.17, 15) is 4.79 Å². The Hall–Kier alpha value is -2.67. The number of benzene rings is 2. The maximum Gasteiger partial charge on any atom is 0.230 e. The lowest BCUT2D eigenvalue weighted by molar-refractivity contribution is -0.119. The highest BCUT2D eigenvalue weighted by atomic mass is 32.2. The average Bonchev–Trinajstić information content (AvgIpc) is 3.15. The minimum absolute atomic E-state index is 0.0481. The number of carbonyl (C=O) groups excluding carboxylic acids is 1. The standard InChI is InChI=1S/C22H27N5OS/c1-15(2)13-18-9-11-19(12-10-18)17(4)23-21(28)14-29-22-24-25-26-27(22)20-8-6-5-7-16(20)3/h5-12,15,17H,13-14H2,1-4H3,(H,23,28)/t17-/m0/s1. The Kier molecular flexibility index (Phi) is 7.04. The first kappa shape index (κ1) is 21.0. The highest BCUT2D eigenvalue weighted by Crippen LogP contribution is 2.21. The van der Waals surface area contributed by atoms with Gasteiger partial charge in [0, 0.05) is 0 Å². The zero-order chi connectivity index (χ0) is 20.8. The SMILES string of the molecule is Cc1ccccc1-n1nnnc1SCC(=O)N[C@@H](C)c1ccc(CC(C)C)cc1. The Morgan fingerprint density at radius 1 is 1.10 bits per heavy atom. The smallest absolute Gasteiger partial charge is 0.230 e. The predicted molar refractivity (Wildman–Crippen MR) is 116 cm³/mol. The third-order valence-electron chi connectivity index (χ3n) is 4.62. The molecule has 1 N–H and O–H groups in total. The molecule has 152 valence electrons. The van der Waals surface area contributed by atoms with Gasteiger partial charge < -0.3 is 5.32 Å². The third kappa shape index (κ3) is 5.67. The molecule has 0 aliphatic heterocycles. The van der Waals surface area contributed by atoms with Crippen molar-refractivity contribution >= 4 is 17.7 Å². The van der Waals surface area contributed by atoms with E-state index in [-0.39, 0.29) is 17.7 Å². The number of thioether (sulfide) groups is 1. The second-order valence-electron chi connectivity index (χ2n) is 7.58. The summed E-state index contributed by atoms with van der Waals surface area (Å²) in [5.74, 6) is 0.835. The number of nitrogens with zero attached hydrogens (tertiary/aromatic N) is 4. The molecule has 0 unspecified atom stereocenters. The number of para-hydroxylation sites is 1. The number of nitrogens with one attached hydrogen (secondary N) is 1. The molecule has 29 heavy (non-hydrogen) atoms. The first-order chi connectivity index (χ1) is 13.9. The normalized spacial score (nSPS) is 12.2. The summed E-state index contributed by atoms with van der Waals surface area (Å²) in [5, 5.41) is 15.5. The lowest BCUT2D eigenvalue weighted by Gasteiger charge is -2.15. The fraction of sp³-hybridized carbons (Fsp3) is 0.364. The molecule has 0 saturated carbocycles. The summed E-state index contributed by atoms with van der Waals surface area (Å²) >= 11 is 1.33. The predicted octanol–water partition coefficient (Wildman–Crippen LogP) is 4.14. The molecule has 1 aromatic heterocycles. The van der Waals surface area contributed by atoms with Crippen LogP contribution < -0.4 is 5.32 Å². The van der Waals surface area contributed by atoms with Crippen molar-refractivity contribution in [3.05, 3.63) is 65.2 Å². The van der Waals surface area contributed by atoms with Crippen molar-refractivity contribution in [3.8, 4) is 5.69 Å². The number of carbonyl (C=O) groups is 1. The first-order valence-electron chi connectivity index (χ1n) is 9.79. The van der Waals surface area contributed by atoms with Crippen LogP contribution in [-0.4, -0.2) is 31.9 Å². The van der Waals surface area contributed by atoms with Crippen LogP contribution in [0, 0.1) is 12.8 Å². The van der Waals surface area contributed by atoms with Crippen LogP contribution in [-0.2, 0) is 11.2 Å². The van der Waals surface area contributed by atoms with Gasteiger partial charge in [-0.2, -0.15) is 4.68 Å². The van der Waals surface area contributed by atoms with Gasteiger partial charge in [0.25, 0.3) is 0 Å². The molecule has 3 rings (SSSR count). The second kappa shape index (κ2) is 9.69. The number of hydrogen-bond donors (Lipinski definition) is 1. The van der Waals surface area contributed by atoms with Crippen LogP contribution in [0.2, 0.25) is 0 Å². The molecule has 0 radical (unpaired) electrons. The molecule has 2 aromatic carbocycles. The third-order valence-corrected chi connectivity index (χ3v) is 5.54. The van der Waals surface area contributed by atoms with Gasteiger partial charge >= 0.3 is 0 Å². The zero-order valence-corrected chi connectivity index (χ0v) is 18.1. The molecule has 1 atom stereocenters. The molecule has 0 fully saturated rings. The Morgan fingerprint density at radius 2 is 1.83 bits per heavy atom.